The van der Waals surface area contributed by atoms with Gasteiger partial charge >= 0.3 is 5.97 Å². The largest absolute Gasteiger partial charge is 0.480 e. The van der Waals surface area contributed by atoms with E-state index in [0.29, 0.717) is 6.61 Å². The van der Waals surface area contributed by atoms with Gasteiger partial charge < -0.3 is 20.9 Å². The Bertz CT molecular complexity index is 520. The van der Waals surface area contributed by atoms with E-state index >= 15 is 0 Å². The molecule has 2 rings (SSSR count). The Morgan fingerprint density at radius 3 is 2.67 bits per heavy atom. The molecule has 0 radical (unpaired) electrons. The van der Waals surface area contributed by atoms with Crippen LogP contribution in [-0.2, 0) is 20.7 Å². The highest BCUT2D eigenvalue weighted by Gasteiger charge is 2.45. The van der Waals surface area contributed by atoms with Gasteiger partial charge in [-0.3, -0.25) is 4.79 Å². The number of carboxylic acids is 1. The lowest BCUT2D eigenvalue weighted by molar-refractivity contribution is -0.143. The standard InChI is InChI=1S/C15H20N2O4/c1-15(9-21-8-12(15)16)14(20)17-11(13(18)19)7-10-5-3-2-4-6-10/h2-6,11-12H,7-9,16H2,1H3,(H,17,20)(H,18,19)/t11-,12?,15?/m0/s1. The number of carbonyl (C=O) groups is 2. The van der Waals surface area contributed by atoms with Gasteiger partial charge in [-0.1, -0.05) is 30.3 Å². The molecule has 114 valence electrons. The molecular weight excluding hydrogens is 272 g/mol. The number of carbonyl (C=O) groups excluding carboxylic acids is 1. The highest BCUT2D eigenvalue weighted by atomic mass is 16.5. The summed E-state index contributed by atoms with van der Waals surface area (Å²) in [5.74, 6) is -1.45. The number of carboxylic acid groups (broad SMARTS) is 1. The van der Waals surface area contributed by atoms with Crippen LogP contribution < -0.4 is 11.1 Å². The Hall–Kier alpha value is -1.92. The molecule has 1 saturated heterocycles. The smallest absolute Gasteiger partial charge is 0.326 e. The number of hydrogen-bond donors (Lipinski definition) is 3. The number of amides is 1. The first kappa shape index (κ1) is 15.5. The summed E-state index contributed by atoms with van der Waals surface area (Å²) < 4.78 is 5.22. The van der Waals surface area contributed by atoms with Crippen LogP contribution in [0.2, 0.25) is 0 Å². The molecule has 2 unspecified atom stereocenters. The fourth-order valence-electron chi connectivity index (χ4n) is 2.30. The molecule has 1 aliphatic heterocycles. The van der Waals surface area contributed by atoms with Crippen LogP contribution in [0.25, 0.3) is 0 Å². The third-order valence-corrected chi connectivity index (χ3v) is 3.92. The van der Waals surface area contributed by atoms with E-state index in [9.17, 15) is 14.7 Å². The zero-order valence-electron chi connectivity index (χ0n) is 11.9. The predicted molar refractivity (Wildman–Crippen MR) is 76.6 cm³/mol. The first-order valence-corrected chi connectivity index (χ1v) is 6.84. The predicted octanol–water partition coefficient (Wildman–Crippen LogP) is 0.162. The van der Waals surface area contributed by atoms with Gasteiger partial charge in [0.25, 0.3) is 0 Å². The van der Waals surface area contributed by atoms with Crippen molar-refractivity contribution in [1.82, 2.24) is 5.32 Å². The van der Waals surface area contributed by atoms with Crippen molar-refractivity contribution in [3.8, 4) is 0 Å². The molecule has 1 aromatic carbocycles. The number of hydrogen-bond acceptors (Lipinski definition) is 4. The van der Waals surface area contributed by atoms with Gasteiger partial charge in [0.2, 0.25) is 5.91 Å². The fraction of sp³-hybridized carbons (Fsp3) is 0.467. The second-order valence-electron chi connectivity index (χ2n) is 5.59. The van der Waals surface area contributed by atoms with Crippen molar-refractivity contribution in [3.05, 3.63) is 35.9 Å². The minimum atomic E-state index is -1.07. The quantitative estimate of drug-likeness (QED) is 0.717. The maximum atomic E-state index is 12.3. The van der Waals surface area contributed by atoms with Crippen molar-refractivity contribution < 1.29 is 19.4 Å². The molecule has 4 N–H and O–H groups in total. The van der Waals surface area contributed by atoms with Crippen LogP contribution in [0.5, 0.6) is 0 Å². The Labute approximate surface area is 123 Å². The number of rotatable bonds is 5. The normalized spacial score (nSPS) is 26.3. The summed E-state index contributed by atoms with van der Waals surface area (Å²) in [4.78, 5) is 23.7. The first-order valence-electron chi connectivity index (χ1n) is 6.84. The zero-order chi connectivity index (χ0) is 15.5. The Morgan fingerprint density at radius 2 is 2.14 bits per heavy atom. The third kappa shape index (κ3) is 3.40. The van der Waals surface area contributed by atoms with Crippen LogP contribution in [0.1, 0.15) is 12.5 Å². The molecule has 1 heterocycles. The first-order chi connectivity index (χ1) is 9.93. The fourth-order valence-corrected chi connectivity index (χ4v) is 2.30. The summed E-state index contributed by atoms with van der Waals surface area (Å²) in [5, 5.41) is 11.9. The van der Waals surface area contributed by atoms with E-state index in [1.165, 1.54) is 0 Å². The second-order valence-corrected chi connectivity index (χ2v) is 5.59. The van der Waals surface area contributed by atoms with Crippen molar-refractivity contribution >= 4 is 11.9 Å². The maximum absolute atomic E-state index is 12.3. The van der Waals surface area contributed by atoms with E-state index in [1.54, 1.807) is 6.92 Å². The number of aliphatic carboxylic acids is 1. The van der Waals surface area contributed by atoms with Crippen LogP contribution in [-0.4, -0.2) is 42.3 Å². The van der Waals surface area contributed by atoms with E-state index in [2.05, 4.69) is 5.32 Å². The Morgan fingerprint density at radius 1 is 1.48 bits per heavy atom. The van der Waals surface area contributed by atoms with Gasteiger partial charge in [0.1, 0.15) is 6.04 Å². The third-order valence-electron chi connectivity index (χ3n) is 3.92. The summed E-state index contributed by atoms with van der Waals surface area (Å²) >= 11 is 0. The summed E-state index contributed by atoms with van der Waals surface area (Å²) in [5.41, 5.74) is 5.85. The summed E-state index contributed by atoms with van der Waals surface area (Å²) in [6.45, 7) is 2.21. The molecule has 0 aliphatic carbocycles. The molecule has 1 aromatic rings. The van der Waals surface area contributed by atoms with E-state index in [4.69, 9.17) is 10.5 Å². The van der Waals surface area contributed by atoms with E-state index < -0.39 is 23.5 Å². The Balaban J connectivity index is 2.06. The molecule has 3 atom stereocenters. The average molecular weight is 292 g/mol. The molecule has 0 spiro atoms. The molecule has 1 aliphatic rings. The Kier molecular flexibility index (Phi) is 4.59. The van der Waals surface area contributed by atoms with Gasteiger partial charge in [-0.05, 0) is 12.5 Å². The molecule has 1 amide bonds. The van der Waals surface area contributed by atoms with Crippen molar-refractivity contribution in [2.45, 2.75) is 25.4 Å². The summed E-state index contributed by atoms with van der Waals surface area (Å²) in [7, 11) is 0. The van der Waals surface area contributed by atoms with Gasteiger partial charge in [0.15, 0.2) is 0 Å². The minimum Gasteiger partial charge on any atom is -0.480 e. The maximum Gasteiger partial charge on any atom is 0.326 e. The van der Waals surface area contributed by atoms with Gasteiger partial charge in [-0.25, -0.2) is 4.79 Å². The number of ether oxygens (including phenoxy) is 1. The van der Waals surface area contributed by atoms with Crippen molar-refractivity contribution in [3.63, 3.8) is 0 Å². The van der Waals surface area contributed by atoms with Crippen LogP contribution in [0.4, 0.5) is 0 Å². The van der Waals surface area contributed by atoms with Crippen molar-refractivity contribution in [1.29, 1.82) is 0 Å². The lowest BCUT2D eigenvalue weighted by Gasteiger charge is -2.27. The van der Waals surface area contributed by atoms with Crippen LogP contribution in [0.15, 0.2) is 30.3 Å². The number of nitrogens with two attached hydrogens (primary N) is 1. The highest BCUT2D eigenvalue weighted by molar-refractivity contribution is 5.88. The van der Waals surface area contributed by atoms with Crippen molar-refractivity contribution in [2.75, 3.05) is 13.2 Å². The second kappa shape index (κ2) is 6.24. The highest BCUT2D eigenvalue weighted by Crippen LogP contribution is 2.27. The molecule has 1 fully saturated rings. The minimum absolute atomic E-state index is 0.206. The molecule has 0 saturated carbocycles. The van der Waals surface area contributed by atoms with E-state index in [-0.39, 0.29) is 18.9 Å². The van der Waals surface area contributed by atoms with Gasteiger partial charge in [-0.15, -0.1) is 0 Å². The topological polar surface area (TPSA) is 102 Å². The molecular formula is C15H20N2O4. The summed E-state index contributed by atoms with van der Waals surface area (Å²) in [6, 6.07) is 7.76. The zero-order valence-corrected chi connectivity index (χ0v) is 11.9. The van der Waals surface area contributed by atoms with E-state index in [0.717, 1.165) is 5.56 Å². The number of nitrogens with one attached hydrogen (secondary N) is 1. The molecule has 0 aromatic heterocycles. The van der Waals surface area contributed by atoms with E-state index in [1.807, 2.05) is 30.3 Å². The van der Waals surface area contributed by atoms with Gasteiger partial charge in [-0.2, -0.15) is 0 Å². The lowest BCUT2D eigenvalue weighted by atomic mass is 9.84. The van der Waals surface area contributed by atoms with Crippen LogP contribution in [0.3, 0.4) is 0 Å². The van der Waals surface area contributed by atoms with Gasteiger partial charge in [0, 0.05) is 12.5 Å². The monoisotopic (exact) mass is 292 g/mol. The van der Waals surface area contributed by atoms with Crippen molar-refractivity contribution in [2.24, 2.45) is 11.1 Å². The lowest BCUT2D eigenvalue weighted by Crippen LogP contribution is -2.54. The number of benzene rings is 1. The molecule has 6 heteroatoms. The molecule has 21 heavy (non-hydrogen) atoms. The SMILES string of the molecule is CC1(C(=O)N[C@@H](Cc2ccccc2)C(=O)O)COCC1N. The summed E-state index contributed by atoms with van der Waals surface area (Å²) in [6.07, 6.45) is 0.230. The van der Waals surface area contributed by atoms with Crippen LogP contribution >= 0.6 is 0 Å². The molecule has 6 nitrogen and oxygen atoms in total. The average Bonchev–Trinajstić information content (AvgIpc) is 2.80. The van der Waals surface area contributed by atoms with Gasteiger partial charge in [0.05, 0.1) is 18.6 Å². The molecule has 0 bridgehead atoms. The van der Waals surface area contributed by atoms with Crippen LogP contribution in [0, 0.1) is 5.41 Å².